The normalized spacial score (nSPS) is 23.1. The molecule has 2 aromatic carbocycles. The van der Waals surface area contributed by atoms with E-state index in [0.29, 0.717) is 32.5 Å². The number of rotatable bonds is 8. The van der Waals surface area contributed by atoms with Gasteiger partial charge in [-0.2, -0.15) is 0 Å². The highest BCUT2D eigenvalue weighted by molar-refractivity contribution is 7.89. The average Bonchev–Trinajstić information content (AvgIpc) is 3.23. The standard InChI is InChI=1S/C23H27FN4O4S/c24-17-8-6-16(7-9-17)13-25-22(29)11-10-19-14-26-23(30)21-12-18(15-28(19)21)27-33(31,32)20-4-2-1-3-5-20/h1-9,18-19,21,27H,10-15H2,(H,25,29)(H,26,30)/t18-,19+,21-/m0/s1. The molecule has 176 valence electrons. The van der Waals surface area contributed by atoms with Crippen molar-refractivity contribution in [1.82, 2.24) is 20.3 Å². The Balaban J connectivity index is 1.31. The van der Waals surface area contributed by atoms with Crippen molar-refractivity contribution in [1.29, 1.82) is 0 Å². The number of halogens is 1. The van der Waals surface area contributed by atoms with Crippen molar-refractivity contribution in [3.8, 4) is 0 Å². The maximum atomic E-state index is 13.0. The number of carbonyl (C=O) groups is 2. The predicted octanol–water partition coefficient (Wildman–Crippen LogP) is 1.14. The van der Waals surface area contributed by atoms with E-state index in [0.717, 1.165) is 5.56 Å². The van der Waals surface area contributed by atoms with E-state index >= 15 is 0 Å². The smallest absolute Gasteiger partial charge is 0.240 e. The molecule has 0 radical (unpaired) electrons. The molecule has 3 atom stereocenters. The van der Waals surface area contributed by atoms with Crippen LogP contribution in [-0.4, -0.2) is 56.3 Å². The van der Waals surface area contributed by atoms with E-state index in [1.807, 2.05) is 4.90 Å². The van der Waals surface area contributed by atoms with Gasteiger partial charge in [-0.05, 0) is 42.7 Å². The maximum absolute atomic E-state index is 13.0. The third-order valence-electron chi connectivity index (χ3n) is 6.11. The number of benzene rings is 2. The van der Waals surface area contributed by atoms with Crippen LogP contribution in [0.3, 0.4) is 0 Å². The number of carbonyl (C=O) groups excluding carboxylic acids is 2. The first kappa shape index (κ1) is 23.3. The third kappa shape index (κ3) is 5.76. The van der Waals surface area contributed by atoms with Gasteiger partial charge in [0.15, 0.2) is 0 Å². The fraction of sp³-hybridized carbons (Fsp3) is 0.391. The molecule has 4 rings (SSSR count). The summed E-state index contributed by atoms with van der Waals surface area (Å²) in [5.41, 5.74) is 0.808. The van der Waals surface area contributed by atoms with Crippen LogP contribution in [0.4, 0.5) is 4.39 Å². The fourth-order valence-electron chi connectivity index (χ4n) is 4.41. The lowest BCUT2D eigenvalue weighted by molar-refractivity contribution is -0.129. The Morgan fingerprint density at radius 2 is 1.85 bits per heavy atom. The maximum Gasteiger partial charge on any atom is 0.240 e. The number of nitrogens with zero attached hydrogens (tertiary/aromatic N) is 1. The molecule has 33 heavy (non-hydrogen) atoms. The highest BCUT2D eigenvalue weighted by Gasteiger charge is 2.44. The molecule has 0 unspecified atom stereocenters. The van der Waals surface area contributed by atoms with Crippen molar-refractivity contribution < 1.29 is 22.4 Å². The number of sulfonamides is 1. The second kappa shape index (κ2) is 9.98. The highest BCUT2D eigenvalue weighted by atomic mass is 32.2. The van der Waals surface area contributed by atoms with Gasteiger partial charge in [-0.25, -0.2) is 17.5 Å². The molecule has 2 saturated heterocycles. The zero-order valence-corrected chi connectivity index (χ0v) is 18.9. The minimum absolute atomic E-state index is 0.0597. The molecular weight excluding hydrogens is 447 g/mol. The summed E-state index contributed by atoms with van der Waals surface area (Å²) in [7, 11) is -3.68. The molecule has 2 amide bonds. The van der Waals surface area contributed by atoms with E-state index in [2.05, 4.69) is 15.4 Å². The van der Waals surface area contributed by atoms with Crippen LogP contribution in [0.15, 0.2) is 59.5 Å². The van der Waals surface area contributed by atoms with Crippen LogP contribution in [0.5, 0.6) is 0 Å². The zero-order valence-electron chi connectivity index (χ0n) is 18.0. The molecule has 2 aromatic rings. The Bertz CT molecular complexity index is 1100. The Labute approximate surface area is 192 Å². The Kier molecular flexibility index (Phi) is 7.06. The van der Waals surface area contributed by atoms with Crippen LogP contribution < -0.4 is 15.4 Å². The van der Waals surface area contributed by atoms with Gasteiger partial charge in [0.2, 0.25) is 21.8 Å². The third-order valence-corrected chi connectivity index (χ3v) is 7.64. The summed E-state index contributed by atoms with van der Waals surface area (Å²) in [6.45, 7) is 1.14. The summed E-state index contributed by atoms with van der Waals surface area (Å²) < 4.78 is 41.1. The molecule has 0 aromatic heterocycles. The van der Waals surface area contributed by atoms with Crippen LogP contribution in [0.25, 0.3) is 0 Å². The fourth-order valence-corrected chi connectivity index (χ4v) is 5.67. The second-order valence-corrected chi connectivity index (χ2v) is 10.1. The van der Waals surface area contributed by atoms with Crippen molar-refractivity contribution in [3.05, 3.63) is 66.0 Å². The summed E-state index contributed by atoms with van der Waals surface area (Å²) in [5, 5.41) is 5.71. The summed E-state index contributed by atoms with van der Waals surface area (Å²) in [6.07, 6.45) is 1.18. The van der Waals surface area contributed by atoms with E-state index < -0.39 is 16.1 Å². The van der Waals surface area contributed by atoms with Crippen molar-refractivity contribution in [3.63, 3.8) is 0 Å². The summed E-state index contributed by atoms with van der Waals surface area (Å²) in [4.78, 5) is 26.9. The molecule has 0 bridgehead atoms. The molecule has 0 saturated carbocycles. The Morgan fingerprint density at radius 3 is 2.58 bits per heavy atom. The SMILES string of the molecule is O=C(CC[C@@H]1CNC(=O)[C@@H]2C[C@H](NS(=O)(=O)c3ccccc3)CN12)NCc1ccc(F)cc1. The quantitative estimate of drug-likeness (QED) is 0.532. The largest absolute Gasteiger partial charge is 0.353 e. The molecule has 2 aliphatic rings. The molecule has 8 nitrogen and oxygen atoms in total. The number of hydrogen-bond acceptors (Lipinski definition) is 5. The summed E-state index contributed by atoms with van der Waals surface area (Å²) >= 11 is 0. The van der Waals surface area contributed by atoms with Crippen LogP contribution in [-0.2, 0) is 26.2 Å². The molecular formula is C23H27FN4O4S. The molecule has 0 spiro atoms. The molecule has 0 aliphatic carbocycles. The molecule has 10 heteroatoms. The minimum atomic E-state index is -3.68. The molecule has 2 heterocycles. The first-order chi connectivity index (χ1) is 15.8. The van der Waals surface area contributed by atoms with Crippen LogP contribution in [0.1, 0.15) is 24.8 Å². The Hall–Kier alpha value is -2.82. The minimum Gasteiger partial charge on any atom is -0.353 e. The van der Waals surface area contributed by atoms with Crippen LogP contribution in [0.2, 0.25) is 0 Å². The van der Waals surface area contributed by atoms with Gasteiger partial charge in [-0.3, -0.25) is 14.5 Å². The van der Waals surface area contributed by atoms with E-state index in [9.17, 15) is 22.4 Å². The van der Waals surface area contributed by atoms with Gasteiger partial charge in [-0.15, -0.1) is 0 Å². The van der Waals surface area contributed by atoms with Gasteiger partial charge in [0.1, 0.15) is 5.82 Å². The number of piperazine rings is 1. The van der Waals surface area contributed by atoms with Crippen molar-refractivity contribution in [2.24, 2.45) is 0 Å². The van der Waals surface area contributed by atoms with E-state index in [1.165, 1.54) is 24.3 Å². The molecule has 3 N–H and O–H groups in total. The molecule has 2 fully saturated rings. The van der Waals surface area contributed by atoms with Gasteiger partial charge < -0.3 is 10.6 Å². The van der Waals surface area contributed by atoms with E-state index in [1.54, 1.807) is 30.3 Å². The van der Waals surface area contributed by atoms with Crippen molar-refractivity contribution in [2.75, 3.05) is 13.1 Å². The Morgan fingerprint density at radius 1 is 1.12 bits per heavy atom. The second-order valence-electron chi connectivity index (χ2n) is 8.42. The topological polar surface area (TPSA) is 108 Å². The van der Waals surface area contributed by atoms with Gasteiger partial charge >= 0.3 is 0 Å². The lowest BCUT2D eigenvalue weighted by Crippen LogP contribution is -2.58. The lowest BCUT2D eigenvalue weighted by atomic mass is 10.0. The average molecular weight is 475 g/mol. The summed E-state index contributed by atoms with van der Waals surface area (Å²) in [6, 6.07) is 13.2. The van der Waals surface area contributed by atoms with Gasteiger partial charge in [-0.1, -0.05) is 30.3 Å². The number of hydrogen-bond donors (Lipinski definition) is 3. The monoisotopic (exact) mass is 474 g/mol. The van der Waals surface area contributed by atoms with Crippen molar-refractivity contribution >= 4 is 21.8 Å². The first-order valence-electron chi connectivity index (χ1n) is 10.9. The highest BCUT2D eigenvalue weighted by Crippen LogP contribution is 2.27. The van der Waals surface area contributed by atoms with Gasteiger partial charge in [0, 0.05) is 38.1 Å². The van der Waals surface area contributed by atoms with Gasteiger partial charge in [0.25, 0.3) is 0 Å². The predicted molar refractivity (Wildman–Crippen MR) is 120 cm³/mol. The van der Waals surface area contributed by atoms with Crippen molar-refractivity contribution in [2.45, 2.75) is 48.8 Å². The number of nitrogens with one attached hydrogen (secondary N) is 3. The number of fused-ring (bicyclic) bond motifs is 1. The zero-order chi connectivity index (χ0) is 23.4. The lowest BCUT2D eigenvalue weighted by Gasteiger charge is -2.37. The van der Waals surface area contributed by atoms with E-state index in [4.69, 9.17) is 0 Å². The van der Waals surface area contributed by atoms with Crippen LogP contribution in [0, 0.1) is 5.82 Å². The first-order valence-corrected chi connectivity index (χ1v) is 12.4. The number of amides is 2. The van der Waals surface area contributed by atoms with Gasteiger partial charge in [0.05, 0.1) is 10.9 Å². The molecule has 2 aliphatic heterocycles. The van der Waals surface area contributed by atoms with E-state index in [-0.39, 0.29) is 41.0 Å². The summed E-state index contributed by atoms with van der Waals surface area (Å²) in [5.74, 6) is -0.573. The van der Waals surface area contributed by atoms with Crippen LogP contribution >= 0.6 is 0 Å².